The van der Waals surface area contributed by atoms with Crippen LogP contribution in [-0.4, -0.2) is 16.8 Å². The number of fused-ring (bicyclic) bond motifs is 1. The summed E-state index contributed by atoms with van der Waals surface area (Å²) in [5.74, 6) is -0.793. The van der Waals surface area contributed by atoms with Crippen LogP contribution < -0.4 is 5.32 Å². The summed E-state index contributed by atoms with van der Waals surface area (Å²) in [5.41, 5.74) is 1.67. The first-order valence-electron chi connectivity index (χ1n) is 7.15. The van der Waals surface area contributed by atoms with E-state index in [0.29, 0.717) is 16.8 Å². The highest BCUT2D eigenvalue weighted by Gasteiger charge is 2.46. The Hall–Kier alpha value is -2.46. The van der Waals surface area contributed by atoms with E-state index in [2.05, 4.69) is 5.32 Å². The summed E-state index contributed by atoms with van der Waals surface area (Å²) in [5, 5.41) is 13.4. The number of para-hydroxylation sites is 1. The zero-order valence-electron chi connectivity index (χ0n) is 12.5. The molecule has 1 aliphatic rings. The highest BCUT2D eigenvalue weighted by atomic mass is 16.3. The molecule has 0 unspecified atom stereocenters. The van der Waals surface area contributed by atoms with Crippen LogP contribution in [0.5, 0.6) is 0 Å². The fourth-order valence-electron chi connectivity index (χ4n) is 2.93. The Morgan fingerprint density at radius 2 is 1.91 bits per heavy atom. The van der Waals surface area contributed by atoms with Gasteiger partial charge in [-0.1, -0.05) is 42.0 Å². The second-order valence-electron chi connectivity index (χ2n) is 5.78. The predicted molar refractivity (Wildman–Crippen MR) is 83.8 cm³/mol. The molecule has 0 radical (unpaired) electrons. The van der Waals surface area contributed by atoms with Crippen molar-refractivity contribution >= 4 is 17.4 Å². The van der Waals surface area contributed by atoms with Gasteiger partial charge in [0, 0.05) is 16.8 Å². The maximum atomic E-state index is 12.6. The van der Waals surface area contributed by atoms with Gasteiger partial charge < -0.3 is 10.4 Å². The Kier molecular flexibility index (Phi) is 3.34. The van der Waals surface area contributed by atoms with E-state index in [1.807, 2.05) is 26.0 Å². The largest absolute Gasteiger partial charge is 0.375 e. The lowest BCUT2D eigenvalue weighted by Gasteiger charge is -2.20. The van der Waals surface area contributed by atoms with Gasteiger partial charge >= 0.3 is 0 Å². The van der Waals surface area contributed by atoms with Crippen LogP contribution in [0.3, 0.4) is 0 Å². The fraction of sp³-hybridized carbons (Fsp3) is 0.222. The van der Waals surface area contributed by atoms with Crippen LogP contribution in [0.15, 0.2) is 42.5 Å². The first kappa shape index (κ1) is 14.5. The monoisotopic (exact) mass is 295 g/mol. The molecule has 2 N–H and O–H groups in total. The predicted octanol–water partition coefficient (Wildman–Crippen LogP) is 2.72. The van der Waals surface area contributed by atoms with Gasteiger partial charge in [0.05, 0.1) is 6.42 Å². The first-order valence-corrected chi connectivity index (χ1v) is 7.15. The quantitative estimate of drug-likeness (QED) is 0.856. The van der Waals surface area contributed by atoms with Gasteiger partial charge in [0.15, 0.2) is 11.4 Å². The highest BCUT2D eigenvalue weighted by Crippen LogP contribution is 2.38. The van der Waals surface area contributed by atoms with Crippen molar-refractivity contribution in [2.75, 3.05) is 5.32 Å². The maximum absolute atomic E-state index is 12.6. The molecule has 22 heavy (non-hydrogen) atoms. The SMILES string of the molecule is Cc1ccc(C(=O)C[C@]2(O)C(=O)Nc3ccccc32)c(C)c1. The number of anilines is 1. The molecule has 1 amide bonds. The van der Waals surface area contributed by atoms with Crippen LogP contribution in [0.2, 0.25) is 0 Å². The number of aliphatic hydroxyl groups is 1. The average Bonchev–Trinajstić information content (AvgIpc) is 2.70. The van der Waals surface area contributed by atoms with E-state index in [-0.39, 0.29) is 12.2 Å². The lowest BCUT2D eigenvalue weighted by molar-refractivity contribution is -0.133. The molecule has 0 bridgehead atoms. The lowest BCUT2D eigenvalue weighted by Crippen LogP contribution is -2.36. The molecule has 4 heteroatoms. The van der Waals surface area contributed by atoms with Crippen molar-refractivity contribution < 1.29 is 14.7 Å². The van der Waals surface area contributed by atoms with Gasteiger partial charge in [-0.05, 0) is 25.5 Å². The molecule has 2 aromatic carbocycles. The molecule has 0 saturated carbocycles. The molecule has 0 fully saturated rings. The number of nitrogens with one attached hydrogen (secondary N) is 1. The summed E-state index contributed by atoms with van der Waals surface area (Å²) in [7, 11) is 0. The van der Waals surface area contributed by atoms with E-state index >= 15 is 0 Å². The Labute approximate surface area is 128 Å². The van der Waals surface area contributed by atoms with E-state index in [1.54, 1.807) is 30.3 Å². The molecule has 4 nitrogen and oxygen atoms in total. The van der Waals surface area contributed by atoms with Crippen LogP contribution in [-0.2, 0) is 10.4 Å². The summed E-state index contributed by atoms with van der Waals surface area (Å²) >= 11 is 0. The molecule has 2 aromatic rings. The molecule has 1 aliphatic heterocycles. The molecule has 3 rings (SSSR count). The van der Waals surface area contributed by atoms with E-state index in [4.69, 9.17) is 0 Å². The van der Waals surface area contributed by atoms with Gasteiger partial charge in [-0.2, -0.15) is 0 Å². The van der Waals surface area contributed by atoms with Crippen molar-refractivity contribution in [3.05, 3.63) is 64.7 Å². The number of carbonyl (C=O) groups is 2. The van der Waals surface area contributed by atoms with Gasteiger partial charge in [-0.15, -0.1) is 0 Å². The van der Waals surface area contributed by atoms with Crippen molar-refractivity contribution in [3.8, 4) is 0 Å². The molecule has 0 aliphatic carbocycles. The van der Waals surface area contributed by atoms with Crippen LogP contribution in [0.25, 0.3) is 0 Å². The molecule has 0 aromatic heterocycles. The second-order valence-corrected chi connectivity index (χ2v) is 5.78. The minimum Gasteiger partial charge on any atom is -0.375 e. The van der Waals surface area contributed by atoms with Crippen LogP contribution in [0, 0.1) is 13.8 Å². The van der Waals surface area contributed by atoms with Crippen LogP contribution in [0.4, 0.5) is 5.69 Å². The summed E-state index contributed by atoms with van der Waals surface area (Å²) in [4.78, 5) is 24.7. The minimum atomic E-state index is -1.80. The molecule has 1 atom stereocenters. The normalized spacial score (nSPS) is 19.7. The molecular formula is C18H17NO3. The third kappa shape index (κ3) is 2.22. The standard InChI is InChI=1S/C18H17NO3/c1-11-7-8-13(12(2)9-11)16(20)10-18(22)14-5-3-4-6-15(14)19-17(18)21/h3-9,22H,10H2,1-2H3,(H,19,21)/t18-/m1/s1. The molecule has 1 heterocycles. The summed E-state index contributed by atoms with van der Waals surface area (Å²) in [6.45, 7) is 3.81. The Morgan fingerprint density at radius 3 is 2.64 bits per heavy atom. The highest BCUT2D eigenvalue weighted by molar-refractivity contribution is 6.09. The van der Waals surface area contributed by atoms with Crippen molar-refractivity contribution in [1.82, 2.24) is 0 Å². The number of carbonyl (C=O) groups excluding carboxylic acids is 2. The van der Waals surface area contributed by atoms with Gasteiger partial charge in [0.25, 0.3) is 5.91 Å². The van der Waals surface area contributed by atoms with Gasteiger partial charge in [0.2, 0.25) is 0 Å². The lowest BCUT2D eigenvalue weighted by atomic mass is 9.87. The Morgan fingerprint density at radius 1 is 1.18 bits per heavy atom. The van der Waals surface area contributed by atoms with Crippen LogP contribution in [0.1, 0.15) is 33.5 Å². The van der Waals surface area contributed by atoms with Gasteiger partial charge in [0.1, 0.15) is 0 Å². The van der Waals surface area contributed by atoms with E-state index < -0.39 is 11.5 Å². The number of rotatable bonds is 3. The number of hydrogen-bond acceptors (Lipinski definition) is 3. The third-order valence-electron chi connectivity index (χ3n) is 4.10. The zero-order valence-corrected chi connectivity index (χ0v) is 12.5. The smallest absolute Gasteiger partial charge is 0.261 e. The average molecular weight is 295 g/mol. The number of ketones is 1. The van der Waals surface area contributed by atoms with Gasteiger partial charge in [-0.25, -0.2) is 0 Å². The molecule has 0 spiro atoms. The number of benzene rings is 2. The third-order valence-corrected chi connectivity index (χ3v) is 4.10. The maximum Gasteiger partial charge on any atom is 0.261 e. The summed E-state index contributed by atoms with van der Waals surface area (Å²) in [6, 6.07) is 12.4. The second kappa shape index (κ2) is 5.07. The Bertz CT molecular complexity index is 782. The zero-order chi connectivity index (χ0) is 15.9. The van der Waals surface area contributed by atoms with Crippen molar-refractivity contribution in [3.63, 3.8) is 0 Å². The topological polar surface area (TPSA) is 66.4 Å². The number of Topliss-reactive ketones (excluding diaryl/α,β-unsaturated/α-hetero) is 1. The Balaban J connectivity index is 1.95. The van der Waals surface area contributed by atoms with Crippen molar-refractivity contribution in [1.29, 1.82) is 0 Å². The van der Waals surface area contributed by atoms with Crippen LogP contribution >= 0.6 is 0 Å². The fourth-order valence-corrected chi connectivity index (χ4v) is 2.93. The minimum absolute atomic E-state index is 0.244. The van der Waals surface area contributed by atoms with Gasteiger partial charge in [-0.3, -0.25) is 9.59 Å². The molecule has 0 saturated heterocycles. The number of hydrogen-bond donors (Lipinski definition) is 2. The van der Waals surface area contributed by atoms with E-state index in [9.17, 15) is 14.7 Å². The number of amides is 1. The van der Waals surface area contributed by atoms with E-state index in [0.717, 1.165) is 11.1 Å². The van der Waals surface area contributed by atoms with Crippen molar-refractivity contribution in [2.24, 2.45) is 0 Å². The molecule has 112 valence electrons. The van der Waals surface area contributed by atoms with E-state index in [1.165, 1.54) is 0 Å². The summed E-state index contributed by atoms with van der Waals surface area (Å²) < 4.78 is 0. The van der Waals surface area contributed by atoms with Crippen molar-refractivity contribution in [2.45, 2.75) is 25.9 Å². The number of aryl methyl sites for hydroxylation is 2. The summed E-state index contributed by atoms with van der Waals surface area (Å²) in [6.07, 6.45) is -0.264. The molecular weight excluding hydrogens is 278 g/mol. The first-order chi connectivity index (χ1) is 10.4.